The number of hydrogen-bond acceptors (Lipinski definition) is 5. The lowest BCUT2D eigenvalue weighted by molar-refractivity contribution is -0.122. The van der Waals surface area contributed by atoms with Gasteiger partial charge in [0.05, 0.1) is 4.91 Å². The third kappa shape index (κ3) is 6.17. The molecule has 0 saturated carbocycles. The van der Waals surface area contributed by atoms with E-state index < -0.39 is 0 Å². The molecule has 1 saturated heterocycles. The number of hydrogen-bond donors (Lipinski definition) is 2. The van der Waals surface area contributed by atoms with Crippen molar-refractivity contribution >= 4 is 51.9 Å². The van der Waals surface area contributed by atoms with Crippen LogP contribution in [-0.4, -0.2) is 32.7 Å². The zero-order valence-corrected chi connectivity index (χ0v) is 17.5. The molecule has 0 radical (unpaired) electrons. The van der Waals surface area contributed by atoms with Gasteiger partial charge >= 0.3 is 0 Å². The number of amides is 2. The molecule has 5 nitrogen and oxygen atoms in total. The Bertz CT molecular complexity index is 929. The van der Waals surface area contributed by atoms with Crippen molar-refractivity contribution < 1.29 is 14.7 Å². The van der Waals surface area contributed by atoms with Gasteiger partial charge in [0.25, 0.3) is 5.91 Å². The minimum atomic E-state index is -0.0907. The maximum atomic E-state index is 12.6. The van der Waals surface area contributed by atoms with Crippen LogP contribution in [0.25, 0.3) is 6.08 Å². The van der Waals surface area contributed by atoms with Gasteiger partial charge in [0.15, 0.2) is 0 Å². The molecular weight excluding hydrogens is 404 g/mol. The number of carbonyl (C=O) groups is 2. The number of phenolic OH excluding ortho intramolecular Hbond substituents is 1. The van der Waals surface area contributed by atoms with Crippen LogP contribution in [-0.2, 0) is 9.59 Å². The largest absolute Gasteiger partial charge is 0.508 e. The first-order valence-corrected chi connectivity index (χ1v) is 10.6. The third-order valence-electron chi connectivity index (χ3n) is 4.39. The summed E-state index contributed by atoms with van der Waals surface area (Å²) in [5.74, 6) is -0.0231. The Hall–Kier alpha value is -2.64. The number of aromatic hydroxyl groups is 1. The van der Waals surface area contributed by atoms with Gasteiger partial charge < -0.3 is 10.4 Å². The summed E-state index contributed by atoms with van der Waals surface area (Å²) in [6.45, 7) is 0.560. The van der Waals surface area contributed by atoms with Gasteiger partial charge in [0, 0.05) is 24.7 Å². The van der Waals surface area contributed by atoms with Crippen LogP contribution < -0.4 is 5.32 Å². The number of anilines is 1. The van der Waals surface area contributed by atoms with Crippen LogP contribution in [0.1, 0.15) is 31.2 Å². The second kappa shape index (κ2) is 10.2. The van der Waals surface area contributed by atoms with Crippen molar-refractivity contribution in [1.29, 1.82) is 0 Å². The zero-order chi connectivity index (χ0) is 20.6. The van der Waals surface area contributed by atoms with Gasteiger partial charge in [-0.2, -0.15) is 0 Å². The molecule has 1 aliphatic rings. The summed E-state index contributed by atoms with van der Waals surface area (Å²) in [6, 6.07) is 16.2. The fraction of sp³-hybridized carbons (Fsp3) is 0.227. The van der Waals surface area contributed by atoms with E-state index in [-0.39, 0.29) is 17.6 Å². The minimum absolute atomic E-state index is 0.0505. The van der Waals surface area contributed by atoms with E-state index in [1.165, 1.54) is 17.8 Å². The van der Waals surface area contributed by atoms with E-state index >= 15 is 0 Å². The average Bonchev–Trinajstić information content (AvgIpc) is 2.95. The van der Waals surface area contributed by atoms with Gasteiger partial charge in [-0.15, -0.1) is 0 Å². The fourth-order valence-corrected chi connectivity index (χ4v) is 4.24. The molecule has 2 aromatic rings. The zero-order valence-electron chi connectivity index (χ0n) is 15.8. The van der Waals surface area contributed by atoms with Crippen LogP contribution in [0, 0.1) is 0 Å². The Morgan fingerprint density at radius 1 is 1.10 bits per heavy atom. The highest BCUT2D eigenvalue weighted by molar-refractivity contribution is 8.26. The highest BCUT2D eigenvalue weighted by Crippen LogP contribution is 2.32. The Labute approximate surface area is 179 Å². The Morgan fingerprint density at radius 2 is 1.90 bits per heavy atom. The highest BCUT2D eigenvalue weighted by Gasteiger charge is 2.31. The van der Waals surface area contributed by atoms with E-state index in [0.717, 1.165) is 24.8 Å². The van der Waals surface area contributed by atoms with Gasteiger partial charge in [-0.25, -0.2) is 0 Å². The van der Waals surface area contributed by atoms with E-state index in [9.17, 15) is 14.7 Å². The molecule has 3 rings (SSSR count). The number of thiocarbonyl (C=S) groups is 1. The molecule has 7 heteroatoms. The molecular formula is C22H22N2O3S2. The summed E-state index contributed by atoms with van der Waals surface area (Å²) in [5, 5.41) is 12.2. The molecule has 0 aliphatic carbocycles. The standard InChI is InChI=1S/C22H22N2O3S2/c25-18-11-7-10-17(15-18)23-20(26)12-5-2-6-13-24-21(27)19(29-22(24)28)14-16-8-3-1-4-9-16/h1,3-4,7-11,14-15,25H,2,5-6,12-13H2,(H,23,26)/b19-14-. The Kier molecular flexibility index (Phi) is 7.43. The van der Waals surface area contributed by atoms with Gasteiger partial charge in [-0.1, -0.05) is 66.8 Å². The van der Waals surface area contributed by atoms with Crippen molar-refractivity contribution in [3.05, 3.63) is 65.1 Å². The van der Waals surface area contributed by atoms with E-state index in [2.05, 4.69) is 5.32 Å². The molecule has 0 aromatic heterocycles. The Balaban J connectivity index is 1.40. The highest BCUT2D eigenvalue weighted by atomic mass is 32.2. The van der Waals surface area contributed by atoms with Crippen LogP contribution in [0.15, 0.2) is 59.5 Å². The first-order valence-electron chi connectivity index (χ1n) is 9.42. The van der Waals surface area contributed by atoms with E-state index in [4.69, 9.17) is 12.2 Å². The summed E-state index contributed by atoms with van der Waals surface area (Å²) in [7, 11) is 0. The molecule has 0 spiro atoms. The second-order valence-corrected chi connectivity index (χ2v) is 8.33. The molecule has 0 atom stereocenters. The summed E-state index contributed by atoms with van der Waals surface area (Å²) in [5.41, 5.74) is 1.56. The number of thioether (sulfide) groups is 1. The van der Waals surface area contributed by atoms with Crippen molar-refractivity contribution in [2.75, 3.05) is 11.9 Å². The van der Waals surface area contributed by atoms with Crippen molar-refractivity contribution in [3.63, 3.8) is 0 Å². The number of benzene rings is 2. The van der Waals surface area contributed by atoms with Gasteiger partial charge in [-0.3, -0.25) is 14.5 Å². The lowest BCUT2D eigenvalue weighted by Gasteiger charge is -2.14. The molecule has 29 heavy (non-hydrogen) atoms. The first kappa shape index (κ1) is 21.1. The molecule has 1 fully saturated rings. The van der Waals surface area contributed by atoms with Crippen molar-refractivity contribution in [3.8, 4) is 5.75 Å². The third-order valence-corrected chi connectivity index (χ3v) is 5.76. The maximum absolute atomic E-state index is 12.6. The number of nitrogens with zero attached hydrogens (tertiary/aromatic N) is 1. The Morgan fingerprint density at radius 3 is 2.66 bits per heavy atom. The number of phenols is 1. The van der Waals surface area contributed by atoms with Crippen LogP contribution in [0.4, 0.5) is 5.69 Å². The summed E-state index contributed by atoms with van der Waals surface area (Å²) >= 11 is 6.69. The summed E-state index contributed by atoms with van der Waals surface area (Å²) < 4.78 is 0.582. The molecule has 1 aliphatic heterocycles. The lowest BCUT2D eigenvalue weighted by atomic mass is 10.1. The van der Waals surface area contributed by atoms with E-state index in [0.29, 0.717) is 27.9 Å². The lowest BCUT2D eigenvalue weighted by Crippen LogP contribution is -2.29. The van der Waals surface area contributed by atoms with Gasteiger partial charge in [0.2, 0.25) is 5.91 Å². The quantitative estimate of drug-likeness (QED) is 0.361. The van der Waals surface area contributed by atoms with Crippen molar-refractivity contribution in [2.45, 2.75) is 25.7 Å². The summed E-state index contributed by atoms with van der Waals surface area (Å²) in [6.07, 6.45) is 4.58. The smallest absolute Gasteiger partial charge is 0.266 e. The SMILES string of the molecule is O=C(CCCCCN1C(=O)/C(=C/c2ccccc2)SC1=S)Nc1cccc(O)c1. The predicted molar refractivity (Wildman–Crippen MR) is 122 cm³/mol. The molecule has 2 aromatic carbocycles. The van der Waals surface area contributed by atoms with Crippen LogP contribution in [0.2, 0.25) is 0 Å². The normalized spacial score (nSPS) is 15.2. The van der Waals surface area contributed by atoms with Gasteiger partial charge in [0.1, 0.15) is 10.1 Å². The summed E-state index contributed by atoms with van der Waals surface area (Å²) in [4.78, 5) is 26.8. The number of rotatable bonds is 8. The van der Waals surface area contributed by atoms with Crippen LogP contribution >= 0.6 is 24.0 Å². The number of unbranched alkanes of at least 4 members (excludes halogenated alkanes) is 2. The second-order valence-electron chi connectivity index (χ2n) is 6.65. The molecule has 0 unspecified atom stereocenters. The van der Waals surface area contributed by atoms with Crippen LogP contribution in [0.3, 0.4) is 0 Å². The first-order chi connectivity index (χ1) is 14.0. The van der Waals surface area contributed by atoms with E-state index in [1.807, 2.05) is 36.4 Å². The van der Waals surface area contributed by atoms with Crippen molar-refractivity contribution in [2.24, 2.45) is 0 Å². The van der Waals surface area contributed by atoms with Gasteiger partial charge in [-0.05, 0) is 36.6 Å². The predicted octanol–water partition coefficient (Wildman–Crippen LogP) is 4.79. The van der Waals surface area contributed by atoms with Crippen molar-refractivity contribution in [1.82, 2.24) is 4.90 Å². The molecule has 2 amide bonds. The molecule has 2 N–H and O–H groups in total. The minimum Gasteiger partial charge on any atom is -0.508 e. The molecule has 0 bridgehead atoms. The number of nitrogens with one attached hydrogen (secondary N) is 1. The topological polar surface area (TPSA) is 69.6 Å². The maximum Gasteiger partial charge on any atom is 0.266 e. The monoisotopic (exact) mass is 426 g/mol. The molecule has 150 valence electrons. The van der Waals surface area contributed by atoms with Crippen LogP contribution in [0.5, 0.6) is 5.75 Å². The average molecular weight is 427 g/mol. The fourth-order valence-electron chi connectivity index (χ4n) is 2.93. The van der Waals surface area contributed by atoms with E-state index in [1.54, 1.807) is 23.1 Å². The number of carbonyl (C=O) groups excluding carboxylic acids is 2. The molecule has 1 heterocycles.